The van der Waals surface area contributed by atoms with E-state index in [0.29, 0.717) is 6.61 Å². The Bertz CT molecular complexity index is 766. The highest BCUT2D eigenvalue weighted by Crippen LogP contribution is 2.35. The molecule has 6 atom stereocenters. The Morgan fingerprint density at radius 2 is 1.76 bits per heavy atom. The van der Waals surface area contributed by atoms with Gasteiger partial charge in [-0.1, -0.05) is 42.5 Å². The van der Waals surface area contributed by atoms with E-state index < -0.39 is 37.0 Å². The molecule has 1 N–H and O–H groups in total. The summed E-state index contributed by atoms with van der Waals surface area (Å²) < 4.78 is 34.4. The largest absolute Gasteiger partial charge is 0.497 e. The second-order valence-corrected chi connectivity index (χ2v) is 7.07. The molecule has 0 spiro atoms. The van der Waals surface area contributed by atoms with Gasteiger partial charge in [-0.2, -0.15) is 0 Å². The van der Waals surface area contributed by atoms with Gasteiger partial charge in [0, 0.05) is 12.7 Å². The normalized spacial score (nSPS) is 31.8. The van der Waals surface area contributed by atoms with Gasteiger partial charge in [-0.05, 0) is 17.7 Å². The second kappa shape index (κ2) is 9.21. The van der Waals surface area contributed by atoms with Gasteiger partial charge in [-0.3, -0.25) is 0 Å². The smallest absolute Gasteiger partial charge is 0.186 e. The van der Waals surface area contributed by atoms with Gasteiger partial charge in [-0.25, -0.2) is 0 Å². The van der Waals surface area contributed by atoms with E-state index in [2.05, 4.69) is 0 Å². The quantitative estimate of drug-likeness (QED) is 0.795. The summed E-state index contributed by atoms with van der Waals surface area (Å²) in [6.45, 7) is 0.616. The van der Waals surface area contributed by atoms with Crippen molar-refractivity contribution in [3.05, 3.63) is 65.7 Å². The summed E-state index contributed by atoms with van der Waals surface area (Å²) in [5.74, 6) is 0.751. The van der Waals surface area contributed by atoms with Gasteiger partial charge in [0.25, 0.3) is 0 Å². The first kappa shape index (κ1) is 20.3. The van der Waals surface area contributed by atoms with Crippen molar-refractivity contribution >= 4 is 0 Å². The highest BCUT2D eigenvalue weighted by Gasteiger charge is 2.50. The number of ether oxygens (including phenoxy) is 6. The van der Waals surface area contributed by atoms with E-state index in [1.54, 1.807) is 7.11 Å². The van der Waals surface area contributed by atoms with Crippen LogP contribution in [0.25, 0.3) is 0 Å². The Balaban J connectivity index is 1.45. The van der Waals surface area contributed by atoms with Crippen molar-refractivity contribution in [2.75, 3.05) is 20.8 Å². The number of hydrogen-bond donors (Lipinski definition) is 1. The fourth-order valence-electron chi connectivity index (χ4n) is 3.63. The molecule has 0 bridgehead atoms. The molecule has 2 heterocycles. The number of methoxy groups -OCH3 is 2. The van der Waals surface area contributed by atoms with E-state index >= 15 is 0 Å². The number of benzene rings is 2. The Morgan fingerprint density at radius 1 is 1.00 bits per heavy atom. The van der Waals surface area contributed by atoms with Crippen molar-refractivity contribution in [3.8, 4) is 5.75 Å². The molecule has 4 rings (SSSR count). The number of fused-ring (bicyclic) bond motifs is 1. The molecule has 0 unspecified atom stereocenters. The molecule has 7 heteroatoms. The molecular weight excluding hydrogens is 376 g/mol. The standard InChI is InChI=1S/C22H26O7/c1-24-16-10-8-15(9-11-16)21-27-13-17-19(29-21)18(23)20(22(25-2)28-17)26-12-14-6-4-3-5-7-14/h3-11,17-23H,12-13H2,1-2H3/t17-,18+,19-,20+,21-,22-/m1/s1. The molecule has 0 saturated carbocycles. The summed E-state index contributed by atoms with van der Waals surface area (Å²) in [7, 11) is 3.14. The molecule has 0 radical (unpaired) electrons. The van der Waals surface area contributed by atoms with Crippen LogP contribution >= 0.6 is 0 Å². The summed E-state index contributed by atoms with van der Waals surface area (Å²) in [6, 6.07) is 17.2. The van der Waals surface area contributed by atoms with Gasteiger partial charge in [0.1, 0.15) is 30.2 Å². The van der Waals surface area contributed by atoms with Crippen molar-refractivity contribution in [1.82, 2.24) is 0 Å². The monoisotopic (exact) mass is 402 g/mol. The molecule has 0 amide bonds. The van der Waals surface area contributed by atoms with E-state index in [9.17, 15) is 5.11 Å². The van der Waals surface area contributed by atoms with Crippen molar-refractivity contribution in [2.45, 2.75) is 43.6 Å². The lowest BCUT2D eigenvalue weighted by Gasteiger charge is -2.47. The van der Waals surface area contributed by atoms with Crippen LogP contribution in [-0.4, -0.2) is 56.6 Å². The summed E-state index contributed by atoms with van der Waals surface area (Å²) in [6.07, 6.45) is -3.96. The van der Waals surface area contributed by atoms with Crippen LogP contribution in [0.4, 0.5) is 0 Å². The molecule has 2 fully saturated rings. The minimum absolute atomic E-state index is 0.281. The third-order valence-corrected chi connectivity index (χ3v) is 5.21. The molecule has 29 heavy (non-hydrogen) atoms. The average Bonchev–Trinajstić information content (AvgIpc) is 2.79. The number of hydrogen-bond acceptors (Lipinski definition) is 7. The first-order valence-corrected chi connectivity index (χ1v) is 9.62. The summed E-state index contributed by atoms with van der Waals surface area (Å²) in [5.41, 5.74) is 1.84. The SMILES string of the molecule is COc1ccc([C@@H]2OC[C@H]3O[C@@H](OC)[C@@H](OCc4ccccc4)[C@@H](O)[C@@H]3O2)cc1. The van der Waals surface area contributed by atoms with Crippen LogP contribution in [0.15, 0.2) is 54.6 Å². The molecule has 0 aromatic heterocycles. The van der Waals surface area contributed by atoms with Crippen molar-refractivity contribution in [3.63, 3.8) is 0 Å². The fraction of sp³-hybridized carbons (Fsp3) is 0.455. The van der Waals surface area contributed by atoms with E-state index in [1.807, 2.05) is 54.6 Å². The van der Waals surface area contributed by atoms with E-state index in [-0.39, 0.29) is 6.61 Å². The number of aliphatic hydroxyl groups is 1. The Hall–Kier alpha value is -2.00. The Morgan fingerprint density at radius 3 is 2.45 bits per heavy atom. The van der Waals surface area contributed by atoms with E-state index in [0.717, 1.165) is 16.9 Å². The zero-order valence-electron chi connectivity index (χ0n) is 16.5. The molecule has 2 aromatic carbocycles. The Labute approximate surface area is 170 Å². The lowest BCUT2D eigenvalue weighted by molar-refractivity contribution is -0.363. The van der Waals surface area contributed by atoms with E-state index in [1.165, 1.54) is 7.11 Å². The molecule has 2 saturated heterocycles. The molecule has 156 valence electrons. The Kier molecular flexibility index (Phi) is 6.44. The summed E-state index contributed by atoms with van der Waals surface area (Å²) in [5, 5.41) is 11.0. The van der Waals surface area contributed by atoms with Crippen molar-refractivity contribution in [1.29, 1.82) is 0 Å². The summed E-state index contributed by atoms with van der Waals surface area (Å²) >= 11 is 0. The first-order valence-electron chi connectivity index (χ1n) is 9.62. The van der Waals surface area contributed by atoms with Crippen LogP contribution in [0, 0.1) is 0 Å². The van der Waals surface area contributed by atoms with Crippen LogP contribution in [0.3, 0.4) is 0 Å². The van der Waals surface area contributed by atoms with Crippen LogP contribution in [0.5, 0.6) is 5.75 Å². The molecule has 2 aliphatic rings. The lowest BCUT2D eigenvalue weighted by Crippen LogP contribution is -2.62. The van der Waals surface area contributed by atoms with Gasteiger partial charge in [0.15, 0.2) is 12.6 Å². The molecule has 0 aliphatic carbocycles. The van der Waals surface area contributed by atoms with Crippen LogP contribution in [0.1, 0.15) is 17.4 Å². The van der Waals surface area contributed by atoms with Crippen molar-refractivity contribution < 1.29 is 33.5 Å². The first-order chi connectivity index (χ1) is 14.2. The summed E-state index contributed by atoms with van der Waals surface area (Å²) in [4.78, 5) is 0. The predicted molar refractivity (Wildman–Crippen MR) is 103 cm³/mol. The van der Waals surface area contributed by atoms with Gasteiger partial charge in [-0.15, -0.1) is 0 Å². The zero-order chi connectivity index (χ0) is 20.2. The maximum atomic E-state index is 11.0. The molecule has 2 aliphatic heterocycles. The average molecular weight is 402 g/mol. The molecule has 2 aromatic rings. The van der Waals surface area contributed by atoms with Gasteiger partial charge >= 0.3 is 0 Å². The molecule has 7 nitrogen and oxygen atoms in total. The number of aliphatic hydroxyl groups excluding tert-OH is 1. The maximum absolute atomic E-state index is 11.0. The maximum Gasteiger partial charge on any atom is 0.186 e. The van der Waals surface area contributed by atoms with Crippen molar-refractivity contribution in [2.24, 2.45) is 0 Å². The zero-order valence-corrected chi connectivity index (χ0v) is 16.5. The van der Waals surface area contributed by atoms with Crippen LogP contribution in [0.2, 0.25) is 0 Å². The van der Waals surface area contributed by atoms with Gasteiger partial charge in [0.05, 0.1) is 20.3 Å². The number of rotatable bonds is 6. The third-order valence-electron chi connectivity index (χ3n) is 5.21. The van der Waals surface area contributed by atoms with Crippen LogP contribution < -0.4 is 4.74 Å². The fourth-order valence-corrected chi connectivity index (χ4v) is 3.63. The topological polar surface area (TPSA) is 75.6 Å². The second-order valence-electron chi connectivity index (χ2n) is 7.07. The van der Waals surface area contributed by atoms with Gasteiger partial charge in [0.2, 0.25) is 0 Å². The van der Waals surface area contributed by atoms with E-state index in [4.69, 9.17) is 28.4 Å². The van der Waals surface area contributed by atoms with Gasteiger partial charge < -0.3 is 33.5 Å². The highest BCUT2D eigenvalue weighted by molar-refractivity contribution is 5.28. The van der Waals surface area contributed by atoms with Crippen LogP contribution in [-0.2, 0) is 30.3 Å². The minimum atomic E-state index is -0.924. The molecular formula is C22H26O7. The minimum Gasteiger partial charge on any atom is -0.497 e. The lowest BCUT2D eigenvalue weighted by atomic mass is 9.97. The third kappa shape index (κ3) is 4.45. The highest BCUT2D eigenvalue weighted by atomic mass is 16.8. The predicted octanol–water partition coefficient (Wildman–Crippen LogP) is 2.43.